The average molecular weight is 322 g/mol. The largest absolute Gasteiger partial charge is 0.347 e. The third kappa shape index (κ3) is 2.96. The van der Waals surface area contributed by atoms with Gasteiger partial charge >= 0.3 is 0 Å². The van der Waals surface area contributed by atoms with Crippen LogP contribution in [0.15, 0.2) is 36.7 Å². The summed E-state index contributed by atoms with van der Waals surface area (Å²) in [5.74, 6) is -0.309. The molecule has 0 aliphatic heterocycles. The number of carbonyl (C=O) groups is 1. The molecule has 0 spiro atoms. The van der Waals surface area contributed by atoms with Crippen LogP contribution < -0.4 is 5.32 Å². The number of carbonyl (C=O) groups excluding carboxylic acids is 1. The van der Waals surface area contributed by atoms with Crippen LogP contribution in [0.2, 0.25) is 10.0 Å². The maximum Gasteiger partial charge on any atom is 0.272 e. The van der Waals surface area contributed by atoms with Crippen molar-refractivity contribution in [2.75, 3.05) is 0 Å². The summed E-state index contributed by atoms with van der Waals surface area (Å²) in [6, 6.07) is 8.37. The van der Waals surface area contributed by atoms with Gasteiger partial charge in [0.1, 0.15) is 12.0 Å². The van der Waals surface area contributed by atoms with E-state index in [-0.39, 0.29) is 18.1 Å². The number of aromatic nitrogens is 4. The van der Waals surface area contributed by atoms with Crippen LogP contribution in [-0.2, 0) is 6.54 Å². The summed E-state index contributed by atoms with van der Waals surface area (Å²) >= 11 is 11.9. The first kappa shape index (κ1) is 13.8. The van der Waals surface area contributed by atoms with Gasteiger partial charge in [0.05, 0.1) is 0 Å². The Labute approximate surface area is 129 Å². The number of fused-ring (bicyclic) bond motifs is 1. The lowest BCUT2D eigenvalue weighted by Crippen LogP contribution is -2.24. The Hall–Kier alpha value is -2.18. The summed E-state index contributed by atoms with van der Waals surface area (Å²) < 4.78 is 1.43. The number of nitrogens with zero attached hydrogens (tertiary/aromatic N) is 4. The Morgan fingerprint density at radius 3 is 2.90 bits per heavy atom. The van der Waals surface area contributed by atoms with Gasteiger partial charge in [0.15, 0.2) is 5.65 Å². The van der Waals surface area contributed by atoms with E-state index in [9.17, 15) is 4.79 Å². The summed E-state index contributed by atoms with van der Waals surface area (Å²) in [5.41, 5.74) is 1.62. The third-order valence-corrected chi connectivity index (χ3v) is 3.44. The molecule has 6 nitrogen and oxygen atoms in total. The number of hydrogen-bond donors (Lipinski definition) is 1. The number of nitrogens with one attached hydrogen (secondary N) is 1. The fourth-order valence-corrected chi connectivity index (χ4v) is 2.26. The lowest BCUT2D eigenvalue weighted by molar-refractivity contribution is 0.0944. The lowest BCUT2D eigenvalue weighted by atomic mass is 10.2. The highest BCUT2D eigenvalue weighted by Gasteiger charge is 2.10. The molecule has 0 aliphatic carbocycles. The third-order valence-electron chi connectivity index (χ3n) is 2.85. The van der Waals surface area contributed by atoms with Crippen molar-refractivity contribution in [3.05, 3.63) is 58.0 Å². The van der Waals surface area contributed by atoms with Gasteiger partial charge in [0, 0.05) is 16.6 Å². The Morgan fingerprint density at radius 2 is 2.10 bits per heavy atom. The zero-order chi connectivity index (χ0) is 14.8. The zero-order valence-electron chi connectivity index (χ0n) is 10.6. The highest BCUT2D eigenvalue weighted by molar-refractivity contribution is 6.35. The van der Waals surface area contributed by atoms with Gasteiger partial charge < -0.3 is 5.32 Å². The lowest BCUT2D eigenvalue weighted by Gasteiger charge is -2.07. The van der Waals surface area contributed by atoms with Gasteiger partial charge in [-0.2, -0.15) is 9.61 Å². The van der Waals surface area contributed by atoms with Crippen molar-refractivity contribution >= 4 is 34.8 Å². The number of rotatable bonds is 3. The molecule has 2 heterocycles. The molecule has 0 radical (unpaired) electrons. The number of benzene rings is 1. The molecule has 8 heteroatoms. The van der Waals surface area contributed by atoms with Crippen LogP contribution in [0.25, 0.3) is 5.65 Å². The van der Waals surface area contributed by atoms with Crippen LogP contribution in [-0.4, -0.2) is 25.7 Å². The number of halogens is 2. The molecule has 0 saturated heterocycles. The van der Waals surface area contributed by atoms with Crippen molar-refractivity contribution in [3.8, 4) is 0 Å². The zero-order valence-corrected chi connectivity index (χ0v) is 12.1. The molecule has 2 aromatic heterocycles. The molecule has 0 aliphatic rings. The van der Waals surface area contributed by atoms with E-state index in [1.54, 1.807) is 30.3 Å². The van der Waals surface area contributed by atoms with E-state index in [0.29, 0.717) is 15.7 Å². The minimum atomic E-state index is -0.309. The molecule has 0 saturated carbocycles. The normalized spacial score (nSPS) is 10.8. The van der Waals surface area contributed by atoms with E-state index >= 15 is 0 Å². The molecular weight excluding hydrogens is 313 g/mol. The van der Waals surface area contributed by atoms with Gasteiger partial charge in [0.25, 0.3) is 5.91 Å². The highest BCUT2D eigenvalue weighted by Crippen LogP contribution is 2.20. The molecule has 0 atom stereocenters. The van der Waals surface area contributed by atoms with Gasteiger partial charge in [0.2, 0.25) is 0 Å². The summed E-state index contributed by atoms with van der Waals surface area (Å²) in [5, 5.41) is 15.4. The Balaban J connectivity index is 1.73. The minimum absolute atomic E-state index is 0.271. The second-order valence-corrected chi connectivity index (χ2v) is 5.11. The molecule has 106 valence electrons. The first-order valence-corrected chi connectivity index (χ1v) is 6.78. The Morgan fingerprint density at radius 1 is 1.24 bits per heavy atom. The van der Waals surface area contributed by atoms with Crippen molar-refractivity contribution in [1.29, 1.82) is 0 Å². The van der Waals surface area contributed by atoms with E-state index in [1.807, 2.05) is 0 Å². The van der Waals surface area contributed by atoms with Crippen molar-refractivity contribution in [1.82, 2.24) is 25.1 Å². The van der Waals surface area contributed by atoms with Crippen molar-refractivity contribution in [2.45, 2.75) is 6.54 Å². The molecule has 1 amide bonds. The quantitative estimate of drug-likeness (QED) is 0.803. The summed E-state index contributed by atoms with van der Waals surface area (Å²) in [4.78, 5) is 12.1. The van der Waals surface area contributed by atoms with E-state index in [0.717, 1.165) is 5.56 Å². The molecule has 3 aromatic rings. The second kappa shape index (κ2) is 5.67. The van der Waals surface area contributed by atoms with Crippen molar-refractivity contribution < 1.29 is 4.79 Å². The molecular formula is C13H9Cl2N5O. The van der Waals surface area contributed by atoms with Crippen molar-refractivity contribution in [3.63, 3.8) is 0 Å². The van der Waals surface area contributed by atoms with Crippen LogP contribution in [0.4, 0.5) is 0 Å². The Bertz CT molecular complexity index is 817. The van der Waals surface area contributed by atoms with Crippen LogP contribution in [0.1, 0.15) is 16.1 Å². The van der Waals surface area contributed by atoms with Gasteiger partial charge in [-0.05, 0) is 29.8 Å². The molecule has 21 heavy (non-hydrogen) atoms. The van der Waals surface area contributed by atoms with Crippen LogP contribution in [0.5, 0.6) is 0 Å². The molecule has 1 N–H and O–H groups in total. The predicted molar refractivity (Wildman–Crippen MR) is 78.4 cm³/mol. The van der Waals surface area contributed by atoms with E-state index < -0.39 is 0 Å². The number of hydrogen-bond acceptors (Lipinski definition) is 4. The molecule has 3 rings (SSSR count). The van der Waals surface area contributed by atoms with Crippen LogP contribution >= 0.6 is 23.2 Å². The van der Waals surface area contributed by atoms with Crippen LogP contribution in [0, 0.1) is 0 Å². The maximum absolute atomic E-state index is 12.1. The molecule has 0 fully saturated rings. The topological polar surface area (TPSA) is 72.2 Å². The molecule has 0 unspecified atom stereocenters. The van der Waals surface area contributed by atoms with Crippen LogP contribution in [0.3, 0.4) is 0 Å². The summed E-state index contributed by atoms with van der Waals surface area (Å²) in [6.45, 7) is 0.288. The standard InChI is InChI=1S/C13H9Cl2N5O/c14-9-2-1-8(10(15)5-9)6-16-13(21)11-3-4-12-18-17-7-20(12)19-11/h1-5,7H,6H2,(H,16,21). The predicted octanol–water partition coefficient (Wildman–Crippen LogP) is 2.36. The van der Waals surface area contributed by atoms with Crippen molar-refractivity contribution in [2.24, 2.45) is 0 Å². The van der Waals surface area contributed by atoms with E-state index in [4.69, 9.17) is 23.2 Å². The van der Waals surface area contributed by atoms with Gasteiger partial charge in [-0.1, -0.05) is 29.3 Å². The number of amides is 1. The monoisotopic (exact) mass is 321 g/mol. The average Bonchev–Trinajstić information content (AvgIpc) is 2.93. The molecule has 1 aromatic carbocycles. The first-order chi connectivity index (χ1) is 10.1. The van der Waals surface area contributed by atoms with Gasteiger partial charge in [-0.25, -0.2) is 0 Å². The van der Waals surface area contributed by atoms with Gasteiger partial charge in [-0.3, -0.25) is 4.79 Å². The fraction of sp³-hybridized carbons (Fsp3) is 0.0769. The first-order valence-electron chi connectivity index (χ1n) is 6.03. The summed E-state index contributed by atoms with van der Waals surface area (Å²) in [7, 11) is 0. The Kier molecular flexibility index (Phi) is 3.72. The van der Waals surface area contributed by atoms with E-state index in [2.05, 4.69) is 20.6 Å². The summed E-state index contributed by atoms with van der Waals surface area (Å²) in [6.07, 6.45) is 1.43. The SMILES string of the molecule is O=C(NCc1ccc(Cl)cc1Cl)c1ccc2nncn2n1. The molecule has 0 bridgehead atoms. The fourth-order valence-electron chi connectivity index (χ4n) is 1.78. The smallest absolute Gasteiger partial charge is 0.272 e. The van der Waals surface area contributed by atoms with Gasteiger partial charge in [-0.15, -0.1) is 10.2 Å². The minimum Gasteiger partial charge on any atom is -0.347 e. The van der Waals surface area contributed by atoms with E-state index in [1.165, 1.54) is 10.8 Å². The highest BCUT2D eigenvalue weighted by atomic mass is 35.5. The second-order valence-electron chi connectivity index (χ2n) is 4.27. The maximum atomic E-state index is 12.1.